The summed E-state index contributed by atoms with van der Waals surface area (Å²) in [6, 6.07) is 4.75. The molecule has 1 amide bonds. The zero-order valence-electron chi connectivity index (χ0n) is 10.1. The predicted octanol–water partition coefficient (Wildman–Crippen LogP) is 1.96. The molecular weight excluding hydrogens is 252 g/mol. The second kappa shape index (κ2) is 5.16. The van der Waals surface area contributed by atoms with Crippen LogP contribution in [0.2, 0.25) is 5.02 Å². The third-order valence-corrected chi connectivity index (χ3v) is 3.61. The molecule has 98 valence electrons. The van der Waals surface area contributed by atoms with Crippen LogP contribution in [0.25, 0.3) is 0 Å². The minimum Gasteiger partial charge on any atom is -0.398 e. The smallest absolute Gasteiger partial charge is 0.253 e. The van der Waals surface area contributed by atoms with Gasteiger partial charge in [-0.1, -0.05) is 24.4 Å². The van der Waals surface area contributed by atoms with Gasteiger partial charge in [0.25, 0.3) is 5.91 Å². The Bertz CT molecular complexity index is 456. The first-order valence-electron chi connectivity index (χ1n) is 6.06. The highest BCUT2D eigenvalue weighted by Gasteiger charge is 2.31. The lowest BCUT2D eigenvalue weighted by molar-refractivity contribution is 0.0450. The zero-order valence-corrected chi connectivity index (χ0v) is 10.8. The molecule has 0 unspecified atom stereocenters. The minimum atomic E-state index is -0.753. The van der Waals surface area contributed by atoms with E-state index >= 15 is 0 Å². The van der Waals surface area contributed by atoms with Gasteiger partial charge in [0.05, 0.1) is 11.2 Å². The van der Waals surface area contributed by atoms with Crippen LogP contribution in [0.1, 0.15) is 36.0 Å². The Morgan fingerprint density at radius 2 is 2.11 bits per heavy atom. The summed E-state index contributed by atoms with van der Waals surface area (Å²) >= 11 is 5.77. The molecular formula is C13H17ClN2O2. The molecule has 1 aromatic rings. The lowest BCUT2D eigenvalue weighted by Gasteiger charge is -2.22. The number of carbonyl (C=O) groups is 1. The average Bonchev–Trinajstić information content (AvgIpc) is 2.74. The van der Waals surface area contributed by atoms with E-state index in [2.05, 4.69) is 5.32 Å². The molecule has 0 aromatic heterocycles. The van der Waals surface area contributed by atoms with E-state index in [1.165, 1.54) is 0 Å². The predicted molar refractivity (Wildman–Crippen MR) is 71.6 cm³/mol. The van der Waals surface area contributed by atoms with E-state index < -0.39 is 5.60 Å². The van der Waals surface area contributed by atoms with Crippen molar-refractivity contribution < 1.29 is 9.90 Å². The van der Waals surface area contributed by atoms with Crippen molar-refractivity contribution in [2.75, 3.05) is 12.3 Å². The summed E-state index contributed by atoms with van der Waals surface area (Å²) in [6.07, 6.45) is 3.50. The topological polar surface area (TPSA) is 75.4 Å². The lowest BCUT2D eigenvalue weighted by atomic mass is 10.0. The molecule has 0 spiro atoms. The quantitative estimate of drug-likeness (QED) is 0.734. The molecule has 1 fully saturated rings. The van der Waals surface area contributed by atoms with Gasteiger partial charge in [-0.05, 0) is 31.0 Å². The van der Waals surface area contributed by atoms with Gasteiger partial charge in [0.2, 0.25) is 0 Å². The first-order valence-corrected chi connectivity index (χ1v) is 6.44. The van der Waals surface area contributed by atoms with Crippen molar-refractivity contribution in [3.05, 3.63) is 28.8 Å². The van der Waals surface area contributed by atoms with Crippen molar-refractivity contribution in [2.45, 2.75) is 31.3 Å². The number of anilines is 1. The Hall–Kier alpha value is -1.26. The fourth-order valence-electron chi connectivity index (χ4n) is 2.29. The van der Waals surface area contributed by atoms with Gasteiger partial charge in [0, 0.05) is 17.3 Å². The fourth-order valence-corrected chi connectivity index (χ4v) is 2.47. The first-order chi connectivity index (χ1) is 8.50. The largest absolute Gasteiger partial charge is 0.398 e. The van der Waals surface area contributed by atoms with Gasteiger partial charge in [-0.3, -0.25) is 4.79 Å². The molecule has 0 bridgehead atoms. The van der Waals surface area contributed by atoms with Crippen molar-refractivity contribution >= 4 is 23.2 Å². The maximum atomic E-state index is 11.9. The number of nitrogens with two attached hydrogens (primary N) is 1. The minimum absolute atomic E-state index is 0.272. The van der Waals surface area contributed by atoms with Crippen LogP contribution in [0.3, 0.4) is 0 Å². The standard InChI is InChI=1S/C13H17ClN2O2/c14-9-3-4-10(11(15)7-9)12(17)16-8-13(18)5-1-2-6-13/h3-4,7,18H,1-2,5-6,8,15H2,(H,16,17). The number of hydrogen-bond donors (Lipinski definition) is 3. The molecule has 1 saturated carbocycles. The number of benzene rings is 1. The Morgan fingerprint density at radius 1 is 1.44 bits per heavy atom. The summed E-state index contributed by atoms with van der Waals surface area (Å²) in [5, 5.41) is 13.4. The van der Waals surface area contributed by atoms with E-state index in [9.17, 15) is 9.90 Å². The fraction of sp³-hybridized carbons (Fsp3) is 0.462. The molecule has 0 saturated heterocycles. The van der Waals surface area contributed by atoms with Crippen LogP contribution in [-0.2, 0) is 0 Å². The van der Waals surface area contributed by atoms with Gasteiger partial charge in [-0.15, -0.1) is 0 Å². The Balaban J connectivity index is 1.99. The molecule has 0 atom stereocenters. The number of carbonyl (C=O) groups excluding carboxylic acids is 1. The normalized spacial score (nSPS) is 17.7. The van der Waals surface area contributed by atoms with Crippen LogP contribution in [-0.4, -0.2) is 23.2 Å². The summed E-state index contributed by atoms with van der Waals surface area (Å²) in [4.78, 5) is 11.9. The monoisotopic (exact) mass is 268 g/mol. The molecule has 4 nitrogen and oxygen atoms in total. The molecule has 1 aliphatic carbocycles. The van der Waals surface area contributed by atoms with E-state index in [-0.39, 0.29) is 12.5 Å². The number of rotatable bonds is 3. The molecule has 4 N–H and O–H groups in total. The molecule has 1 aromatic carbocycles. The molecule has 1 aliphatic rings. The second-order valence-corrected chi connectivity index (χ2v) is 5.28. The molecule has 2 rings (SSSR count). The van der Waals surface area contributed by atoms with Gasteiger partial charge in [-0.2, -0.15) is 0 Å². The zero-order chi connectivity index (χ0) is 13.2. The second-order valence-electron chi connectivity index (χ2n) is 4.85. The number of hydrogen-bond acceptors (Lipinski definition) is 3. The van der Waals surface area contributed by atoms with Crippen molar-refractivity contribution in [1.29, 1.82) is 0 Å². The Kier molecular flexibility index (Phi) is 3.78. The number of nitrogens with one attached hydrogen (secondary N) is 1. The average molecular weight is 269 g/mol. The van der Waals surface area contributed by atoms with Crippen LogP contribution in [0.5, 0.6) is 0 Å². The van der Waals surface area contributed by atoms with Crippen molar-refractivity contribution in [3.63, 3.8) is 0 Å². The van der Waals surface area contributed by atoms with E-state index in [0.29, 0.717) is 16.3 Å². The van der Waals surface area contributed by atoms with Gasteiger partial charge < -0.3 is 16.2 Å². The third-order valence-electron chi connectivity index (χ3n) is 3.37. The highest BCUT2D eigenvalue weighted by Crippen LogP contribution is 2.28. The summed E-state index contributed by atoms with van der Waals surface area (Å²) in [5.74, 6) is -0.274. The summed E-state index contributed by atoms with van der Waals surface area (Å²) in [6.45, 7) is 0.272. The molecule has 0 radical (unpaired) electrons. The lowest BCUT2D eigenvalue weighted by Crippen LogP contribution is -2.40. The van der Waals surface area contributed by atoms with E-state index in [4.69, 9.17) is 17.3 Å². The molecule has 0 heterocycles. The number of halogens is 1. The number of nitrogen functional groups attached to an aromatic ring is 1. The van der Waals surface area contributed by atoms with E-state index in [0.717, 1.165) is 25.7 Å². The summed E-state index contributed by atoms with van der Waals surface area (Å²) < 4.78 is 0. The van der Waals surface area contributed by atoms with Gasteiger partial charge in [0.1, 0.15) is 0 Å². The maximum Gasteiger partial charge on any atom is 0.253 e. The van der Waals surface area contributed by atoms with Gasteiger partial charge >= 0.3 is 0 Å². The van der Waals surface area contributed by atoms with Crippen LogP contribution in [0.4, 0.5) is 5.69 Å². The van der Waals surface area contributed by atoms with Crippen LogP contribution >= 0.6 is 11.6 Å². The summed E-state index contributed by atoms with van der Waals surface area (Å²) in [7, 11) is 0. The maximum absolute atomic E-state index is 11.9. The molecule has 0 aliphatic heterocycles. The summed E-state index contributed by atoms with van der Waals surface area (Å²) in [5.41, 5.74) is 5.71. The van der Waals surface area contributed by atoms with Crippen molar-refractivity contribution in [3.8, 4) is 0 Å². The van der Waals surface area contributed by atoms with Gasteiger partial charge in [0.15, 0.2) is 0 Å². The van der Waals surface area contributed by atoms with Crippen molar-refractivity contribution in [2.24, 2.45) is 0 Å². The molecule has 5 heteroatoms. The Labute approximate surface area is 111 Å². The highest BCUT2D eigenvalue weighted by atomic mass is 35.5. The SMILES string of the molecule is Nc1cc(Cl)ccc1C(=O)NCC1(O)CCCC1. The van der Waals surface area contributed by atoms with Crippen molar-refractivity contribution in [1.82, 2.24) is 5.32 Å². The number of aliphatic hydroxyl groups is 1. The number of amides is 1. The highest BCUT2D eigenvalue weighted by molar-refractivity contribution is 6.31. The third kappa shape index (κ3) is 2.94. The molecule has 18 heavy (non-hydrogen) atoms. The van der Waals surface area contributed by atoms with Crippen LogP contribution in [0.15, 0.2) is 18.2 Å². The first kappa shape index (κ1) is 13.2. The van der Waals surface area contributed by atoms with Crippen LogP contribution < -0.4 is 11.1 Å². The van der Waals surface area contributed by atoms with Gasteiger partial charge in [-0.25, -0.2) is 0 Å². The van der Waals surface area contributed by atoms with Crippen LogP contribution in [0, 0.1) is 0 Å². The van der Waals surface area contributed by atoms with E-state index in [1.54, 1.807) is 18.2 Å². The Morgan fingerprint density at radius 3 is 2.72 bits per heavy atom. The van der Waals surface area contributed by atoms with E-state index in [1.807, 2.05) is 0 Å².